The van der Waals surface area contributed by atoms with Gasteiger partial charge in [0.2, 0.25) is 5.95 Å². The van der Waals surface area contributed by atoms with Gasteiger partial charge in [0, 0.05) is 24.3 Å². The van der Waals surface area contributed by atoms with Gasteiger partial charge >= 0.3 is 5.97 Å². The molecule has 2 heterocycles. The van der Waals surface area contributed by atoms with Crippen molar-refractivity contribution >= 4 is 23.3 Å². The predicted octanol–water partition coefficient (Wildman–Crippen LogP) is 3.20. The van der Waals surface area contributed by atoms with Gasteiger partial charge in [-0.25, -0.2) is 19.3 Å². The van der Waals surface area contributed by atoms with Crippen LogP contribution in [0.1, 0.15) is 17.1 Å². The quantitative estimate of drug-likeness (QED) is 0.563. The molecule has 0 saturated heterocycles. The molecule has 27 heavy (non-hydrogen) atoms. The molecule has 0 unspecified atom stereocenters. The summed E-state index contributed by atoms with van der Waals surface area (Å²) in [5.74, 6) is 0.382. The average Bonchev–Trinajstić information content (AvgIpc) is 3.15. The smallest absolute Gasteiger partial charge is 0.307 e. The summed E-state index contributed by atoms with van der Waals surface area (Å²) in [5.41, 5.74) is 0.658. The number of thiazole rings is 1. The molecule has 0 amide bonds. The number of rotatable bonds is 9. The fraction of sp³-hybridized carbons (Fsp3) is 0.222. The Morgan fingerprint density at radius 2 is 1.93 bits per heavy atom. The third-order valence-corrected chi connectivity index (χ3v) is 4.21. The molecule has 7 nitrogen and oxygen atoms in total. The van der Waals surface area contributed by atoms with Crippen LogP contribution in [0.4, 0.5) is 10.3 Å². The highest BCUT2D eigenvalue weighted by Crippen LogP contribution is 2.16. The Labute approximate surface area is 159 Å². The van der Waals surface area contributed by atoms with Crippen molar-refractivity contribution in [3.8, 4) is 5.75 Å². The van der Waals surface area contributed by atoms with Gasteiger partial charge in [0.25, 0.3) is 0 Å². The van der Waals surface area contributed by atoms with Gasteiger partial charge in [-0.3, -0.25) is 4.79 Å². The maximum absolute atomic E-state index is 12.8. The molecule has 0 saturated carbocycles. The van der Waals surface area contributed by atoms with Crippen LogP contribution < -0.4 is 10.1 Å². The summed E-state index contributed by atoms with van der Waals surface area (Å²) in [6.45, 7) is 0.760. The van der Waals surface area contributed by atoms with Crippen LogP contribution in [0, 0.1) is 5.82 Å². The monoisotopic (exact) mass is 388 g/mol. The van der Waals surface area contributed by atoms with Gasteiger partial charge in [0.05, 0.1) is 12.1 Å². The Morgan fingerprint density at radius 3 is 2.70 bits per heavy atom. The molecule has 0 aliphatic carbocycles. The molecule has 3 rings (SSSR count). The summed E-state index contributed by atoms with van der Waals surface area (Å²) in [6, 6.07) is 7.49. The van der Waals surface area contributed by atoms with Gasteiger partial charge < -0.3 is 14.8 Å². The van der Waals surface area contributed by atoms with Crippen LogP contribution in [-0.4, -0.2) is 27.5 Å². The summed E-state index contributed by atoms with van der Waals surface area (Å²) in [5, 5.41) is 5.49. The summed E-state index contributed by atoms with van der Waals surface area (Å²) in [4.78, 5) is 24.1. The number of esters is 1. The highest BCUT2D eigenvalue weighted by Gasteiger charge is 2.08. The zero-order chi connectivity index (χ0) is 18.9. The maximum atomic E-state index is 12.8. The van der Waals surface area contributed by atoms with E-state index in [1.807, 2.05) is 5.38 Å². The van der Waals surface area contributed by atoms with Gasteiger partial charge in [-0.1, -0.05) is 0 Å². The second-order valence-electron chi connectivity index (χ2n) is 5.39. The van der Waals surface area contributed by atoms with Gasteiger partial charge in [-0.15, -0.1) is 11.3 Å². The van der Waals surface area contributed by atoms with Crippen LogP contribution >= 0.6 is 11.3 Å². The highest BCUT2D eigenvalue weighted by molar-refractivity contribution is 7.09. The van der Waals surface area contributed by atoms with E-state index in [9.17, 15) is 9.18 Å². The topological polar surface area (TPSA) is 86.2 Å². The minimum atomic E-state index is -0.337. The second kappa shape index (κ2) is 9.58. The molecular formula is C18H17FN4O3S. The third kappa shape index (κ3) is 6.30. The second-order valence-corrected chi connectivity index (χ2v) is 6.33. The molecule has 9 heteroatoms. The SMILES string of the molecule is O=C(CCNc1ncccn1)OCc1csc(COc2ccc(F)cc2)n1. The number of aromatic nitrogens is 3. The molecule has 0 aliphatic rings. The average molecular weight is 388 g/mol. The Balaban J connectivity index is 1.36. The van der Waals surface area contributed by atoms with Crippen LogP contribution in [0.5, 0.6) is 5.75 Å². The van der Waals surface area contributed by atoms with Crippen molar-refractivity contribution in [2.45, 2.75) is 19.6 Å². The molecule has 0 spiro atoms. The van der Waals surface area contributed by atoms with Crippen molar-refractivity contribution in [3.05, 3.63) is 64.6 Å². The largest absolute Gasteiger partial charge is 0.486 e. The molecular weight excluding hydrogens is 371 g/mol. The van der Waals surface area contributed by atoms with E-state index >= 15 is 0 Å². The lowest BCUT2D eigenvalue weighted by atomic mass is 10.3. The van der Waals surface area contributed by atoms with Crippen molar-refractivity contribution in [2.24, 2.45) is 0 Å². The van der Waals surface area contributed by atoms with Crippen LogP contribution in [-0.2, 0) is 22.7 Å². The summed E-state index contributed by atoms with van der Waals surface area (Å²) < 4.78 is 23.6. The van der Waals surface area contributed by atoms with Crippen molar-refractivity contribution in [1.82, 2.24) is 15.0 Å². The van der Waals surface area contributed by atoms with E-state index in [2.05, 4.69) is 20.3 Å². The zero-order valence-electron chi connectivity index (χ0n) is 14.3. The first-order valence-electron chi connectivity index (χ1n) is 8.17. The summed E-state index contributed by atoms with van der Waals surface area (Å²) in [7, 11) is 0. The number of carbonyl (C=O) groups excluding carboxylic acids is 1. The lowest BCUT2D eigenvalue weighted by Crippen LogP contribution is -2.12. The Hall–Kier alpha value is -3.07. The lowest BCUT2D eigenvalue weighted by Gasteiger charge is -2.05. The first kappa shape index (κ1) is 18.7. The molecule has 1 N–H and O–H groups in total. The van der Waals surface area contributed by atoms with E-state index in [0.29, 0.717) is 23.9 Å². The van der Waals surface area contributed by atoms with E-state index in [1.54, 1.807) is 30.6 Å². The number of anilines is 1. The van der Waals surface area contributed by atoms with Crippen LogP contribution in [0.2, 0.25) is 0 Å². The number of nitrogens with zero attached hydrogens (tertiary/aromatic N) is 3. The van der Waals surface area contributed by atoms with E-state index < -0.39 is 0 Å². The minimum absolute atomic E-state index is 0.105. The first-order chi connectivity index (χ1) is 13.2. The van der Waals surface area contributed by atoms with Gasteiger partial charge in [-0.05, 0) is 30.3 Å². The van der Waals surface area contributed by atoms with Crippen LogP contribution in [0.25, 0.3) is 0 Å². The molecule has 0 radical (unpaired) electrons. The van der Waals surface area contributed by atoms with E-state index in [-0.39, 0.29) is 31.4 Å². The number of halogens is 1. The lowest BCUT2D eigenvalue weighted by molar-refractivity contribution is -0.144. The summed E-state index contributed by atoms with van der Waals surface area (Å²) >= 11 is 1.41. The van der Waals surface area contributed by atoms with Crippen LogP contribution in [0.3, 0.4) is 0 Å². The van der Waals surface area contributed by atoms with Gasteiger partial charge in [0.15, 0.2) is 0 Å². The van der Waals surface area contributed by atoms with Crippen molar-refractivity contribution in [1.29, 1.82) is 0 Å². The van der Waals surface area contributed by atoms with E-state index in [0.717, 1.165) is 5.01 Å². The Kier molecular flexibility index (Phi) is 6.64. The number of carbonyl (C=O) groups is 1. The normalized spacial score (nSPS) is 10.4. The molecule has 0 bridgehead atoms. The fourth-order valence-corrected chi connectivity index (χ4v) is 2.74. The maximum Gasteiger partial charge on any atom is 0.307 e. The zero-order valence-corrected chi connectivity index (χ0v) is 15.1. The molecule has 0 aliphatic heterocycles. The Morgan fingerprint density at radius 1 is 1.15 bits per heavy atom. The van der Waals surface area contributed by atoms with Crippen molar-refractivity contribution in [2.75, 3.05) is 11.9 Å². The fourth-order valence-electron chi connectivity index (χ4n) is 2.05. The summed E-state index contributed by atoms with van der Waals surface area (Å²) in [6.07, 6.45) is 3.43. The number of nitrogens with one attached hydrogen (secondary N) is 1. The molecule has 0 fully saturated rings. The number of hydrogen-bond donors (Lipinski definition) is 1. The number of ether oxygens (including phenoxy) is 2. The van der Waals surface area contributed by atoms with Crippen molar-refractivity contribution < 1.29 is 18.7 Å². The molecule has 3 aromatic rings. The van der Waals surface area contributed by atoms with Gasteiger partial charge in [-0.2, -0.15) is 0 Å². The third-order valence-electron chi connectivity index (χ3n) is 3.33. The number of benzene rings is 1. The first-order valence-corrected chi connectivity index (χ1v) is 9.05. The predicted molar refractivity (Wildman–Crippen MR) is 97.8 cm³/mol. The van der Waals surface area contributed by atoms with E-state index in [1.165, 1.54) is 23.5 Å². The standard InChI is InChI=1S/C18H17FN4O3S/c19-13-2-4-15(5-3-13)25-11-16-23-14(12-27-16)10-26-17(24)6-9-22-18-20-7-1-8-21-18/h1-5,7-8,12H,6,9-11H2,(H,20,21,22). The molecule has 140 valence electrons. The van der Waals surface area contributed by atoms with E-state index in [4.69, 9.17) is 9.47 Å². The molecule has 2 aromatic heterocycles. The van der Waals surface area contributed by atoms with Crippen LogP contribution in [0.15, 0.2) is 48.1 Å². The Bertz CT molecular complexity index is 859. The number of hydrogen-bond acceptors (Lipinski definition) is 8. The highest BCUT2D eigenvalue weighted by atomic mass is 32.1. The molecule has 0 atom stereocenters. The minimum Gasteiger partial charge on any atom is -0.486 e. The molecule has 1 aromatic carbocycles. The van der Waals surface area contributed by atoms with Crippen molar-refractivity contribution in [3.63, 3.8) is 0 Å². The van der Waals surface area contributed by atoms with Gasteiger partial charge in [0.1, 0.15) is 29.8 Å².